The zero-order valence-corrected chi connectivity index (χ0v) is 13.4. The quantitative estimate of drug-likeness (QED) is 0.811. The molecule has 126 valence electrons. The number of amides is 2. The number of methoxy groups -OCH3 is 1. The molecule has 2 N–H and O–H groups in total. The number of hydrogen-bond donors (Lipinski definition) is 2. The SMILES string of the molecule is COc1ncccc1NC(=O)C(=O)NCc1cn2c(n1)CCCC2. The molecule has 1 aliphatic heterocycles. The summed E-state index contributed by atoms with van der Waals surface area (Å²) < 4.78 is 7.13. The number of carbonyl (C=O) groups excluding carboxylic acids is 2. The first kappa shape index (κ1) is 16.0. The molecule has 0 aromatic carbocycles. The Labute approximate surface area is 139 Å². The van der Waals surface area contributed by atoms with E-state index in [2.05, 4.69) is 25.2 Å². The molecule has 1 aliphatic rings. The van der Waals surface area contributed by atoms with Gasteiger partial charge in [-0.1, -0.05) is 0 Å². The zero-order valence-electron chi connectivity index (χ0n) is 13.4. The minimum atomic E-state index is -0.773. The third-order valence-corrected chi connectivity index (χ3v) is 3.81. The number of ether oxygens (including phenoxy) is 1. The molecule has 0 aliphatic carbocycles. The molecule has 2 aromatic rings. The number of fused-ring (bicyclic) bond motifs is 1. The lowest BCUT2D eigenvalue weighted by Crippen LogP contribution is -2.35. The fourth-order valence-corrected chi connectivity index (χ4v) is 2.64. The van der Waals surface area contributed by atoms with Crippen LogP contribution in [0.25, 0.3) is 0 Å². The van der Waals surface area contributed by atoms with Gasteiger partial charge in [0, 0.05) is 25.4 Å². The summed E-state index contributed by atoms with van der Waals surface area (Å²) in [7, 11) is 1.44. The van der Waals surface area contributed by atoms with Crippen molar-refractivity contribution in [3.63, 3.8) is 0 Å². The molecule has 3 rings (SSSR count). The second-order valence-corrected chi connectivity index (χ2v) is 5.50. The fourth-order valence-electron chi connectivity index (χ4n) is 2.64. The number of aromatic nitrogens is 3. The molecule has 0 unspecified atom stereocenters. The van der Waals surface area contributed by atoms with Gasteiger partial charge in [-0.25, -0.2) is 9.97 Å². The monoisotopic (exact) mass is 329 g/mol. The van der Waals surface area contributed by atoms with Crippen molar-refractivity contribution in [1.29, 1.82) is 0 Å². The third kappa shape index (κ3) is 3.53. The van der Waals surface area contributed by atoms with Gasteiger partial charge in [-0.05, 0) is 25.0 Å². The average molecular weight is 329 g/mol. The number of carbonyl (C=O) groups is 2. The number of rotatable bonds is 4. The minimum absolute atomic E-state index is 0.219. The van der Waals surface area contributed by atoms with Crippen LogP contribution in [0.2, 0.25) is 0 Å². The van der Waals surface area contributed by atoms with Gasteiger partial charge in [0.25, 0.3) is 0 Å². The summed E-state index contributed by atoms with van der Waals surface area (Å²) in [6.07, 6.45) is 6.70. The topological polar surface area (TPSA) is 98.1 Å². The van der Waals surface area contributed by atoms with Gasteiger partial charge in [-0.15, -0.1) is 0 Å². The Kier molecular flexibility index (Phi) is 4.74. The van der Waals surface area contributed by atoms with E-state index >= 15 is 0 Å². The molecule has 0 radical (unpaired) electrons. The Balaban J connectivity index is 1.56. The normalized spacial score (nSPS) is 13.0. The van der Waals surface area contributed by atoms with Crippen LogP contribution in [0.1, 0.15) is 24.4 Å². The maximum Gasteiger partial charge on any atom is 0.313 e. The summed E-state index contributed by atoms with van der Waals surface area (Å²) in [6.45, 7) is 1.17. The van der Waals surface area contributed by atoms with Crippen LogP contribution in [0.3, 0.4) is 0 Å². The molecule has 2 aromatic heterocycles. The first-order chi connectivity index (χ1) is 11.7. The van der Waals surface area contributed by atoms with Gasteiger partial charge < -0.3 is 19.9 Å². The van der Waals surface area contributed by atoms with Gasteiger partial charge in [0.05, 0.1) is 19.3 Å². The molecule has 0 bridgehead atoms. The van der Waals surface area contributed by atoms with Crippen LogP contribution in [0.4, 0.5) is 5.69 Å². The van der Waals surface area contributed by atoms with Crippen LogP contribution in [-0.2, 0) is 29.1 Å². The van der Waals surface area contributed by atoms with Crippen LogP contribution in [0.5, 0.6) is 5.88 Å². The van der Waals surface area contributed by atoms with Gasteiger partial charge in [0.2, 0.25) is 5.88 Å². The largest absolute Gasteiger partial charge is 0.480 e. The van der Waals surface area contributed by atoms with E-state index in [0.29, 0.717) is 5.69 Å². The summed E-state index contributed by atoms with van der Waals surface area (Å²) >= 11 is 0. The van der Waals surface area contributed by atoms with Crippen molar-refractivity contribution in [3.8, 4) is 5.88 Å². The van der Waals surface area contributed by atoms with Crippen LogP contribution in [0, 0.1) is 0 Å². The van der Waals surface area contributed by atoms with Crippen molar-refractivity contribution >= 4 is 17.5 Å². The lowest BCUT2D eigenvalue weighted by atomic mass is 10.2. The van der Waals surface area contributed by atoms with E-state index in [1.54, 1.807) is 12.1 Å². The molecule has 3 heterocycles. The molecule has 0 atom stereocenters. The summed E-state index contributed by atoms with van der Waals surface area (Å²) in [5, 5.41) is 5.06. The zero-order chi connectivity index (χ0) is 16.9. The smallest absolute Gasteiger partial charge is 0.313 e. The van der Waals surface area contributed by atoms with E-state index in [-0.39, 0.29) is 12.4 Å². The highest BCUT2D eigenvalue weighted by Crippen LogP contribution is 2.19. The Hall–Kier alpha value is -2.90. The number of imidazole rings is 1. The van der Waals surface area contributed by atoms with Crippen molar-refractivity contribution < 1.29 is 14.3 Å². The van der Waals surface area contributed by atoms with Crippen LogP contribution < -0.4 is 15.4 Å². The molecule has 0 fully saturated rings. The fraction of sp³-hybridized carbons (Fsp3) is 0.375. The Bertz CT molecular complexity index is 732. The summed E-state index contributed by atoms with van der Waals surface area (Å²) in [5.41, 5.74) is 1.10. The molecule has 0 saturated heterocycles. The number of hydrogen-bond acceptors (Lipinski definition) is 5. The maximum atomic E-state index is 12.0. The van der Waals surface area contributed by atoms with E-state index in [1.807, 2.05) is 6.20 Å². The number of pyridine rings is 1. The number of aryl methyl sites for hydroxylation is 2. The summed E-state index contributed by atoms with van der Waals surface area (Å²) in [4.78, 5) is 32.3. The minimum Gasteiger partial charge on any atom is -0.480 e. The highest BCUT2D eigenvalue weighted by atomic mass is 16.5. The van der Waals surface area contributed by atoms with Crippen LogP contribution >= 0.6 is 0 Å². The Morgan fingerprint density at radius 3 is 3.00 bits per heavy atom. The molecule has 2 amide bonds. The number of anilines is 1. The third-order valence-electron chi connectivity index (χ3n) is 3.81. The van der Waals surface area contributed by atoms with Crippen LogP contribution in [0.15, 0.2) is 24.5 Å². The molecular weight excluding hydrogens is 310 g/mol. The number of nitrogens with one attached hydrogen (secondary N) is 2. The first-order valence-corrected chi connectivity index (χ1v) is 7.80. The van der Waals surface area contributed by atoms with Crippen LogP contribution in [-0.4, -0.2) is 33.5 Å². The van der Waals surface area contributed by atoms with Crippen molar-refractivity contribution in [2.24, 2.45) is 0 Å². The van der Waals surface area contributed by atoms with Crippen molar-refractivity contribution in [2.45, 2.75) is 32.4 Å². The second kappa shape index (κ2) is 7.12. The molecule has 0 saturated carbocycles. The average Bonchev–Trinajstić information content (AvgIpc) is 3.03. The van der Waals surface area contributed by atoms with Crippen molar-refractivity contribution in [1.82, 2.24) is 19.9 Å². The predicted molar refractivity (Wildman–Crippen MR) is 86.4 cm³/mol. The Morgan fingerprint density at radius 1 is 1.33 bits per heavy atom. The molecule has 0 spiro atoms. The molecule has 8 heteroatoms. The van der Waals surface area contributed by atoms with Crippen molar-refractivity contribution in [2.75, 3.05) is 12.4 Å². The lowest BCUT2D eigenvalue weighted by Gasteiger charge is -2.11. The number of nitrogens with zero attached hydrogens (tertiary/aromatic N) is 3. The van der Waals surface area contributed by atoms with Gasteiger partial charge in [-0.3, -0.25) is 9.59 Å². The van der Waals surface area contributed by atoms with Gasteiger partial charge in [0.15, 0.2) is 0 Å². The van der Waals surface area contributed by atoms with Gasteiger partial charge in [-0.2, -0.15) is 0 Å². The van der Waals surface area contributed by atoms with E-state index in [4.69, 9.17) is 4.74 Å². The second-order valence-electron chi connectivity index (χ2n) is 5.50. The van der Waals surface area contributed by atoms with Gasteiger partial charge >= 0.3 is 11.8 Å². The lowest BCUT2D eigenvalue weighted by molar-refractivity contribution is -0.136. The highest BCUT2D eigenvalue weighted by Gasteiger charge is 2.17. The molecular formula is C16H19N5O3. The van der Waals surface area contributed by atoms with E-state index in [0.717, 1.165) is 37.3 Å². The Morgan fingerprint density at radius 2 is 2.21 bits per heavy atom. The van der Waals surface area contributed by atoms with E-state index in [1.165, 1.54) is 13.3 Å². The molecule has 24 heavy (non-hydrogen) atoms. The summed E-state index contributed by atoms with van der Waals surface area (Å²) in [6, 6.07) is 3.26. The summed E-state index contributed by atoms with van der Waals surface area (Å²) in [5.74, 6) is -0.215. The van der Waals surface area contributed by atoms with E-state index in [9.17, 15) is 9.59 Å². The maximum absolute atomic E-state index is 12.0. The van der Waals surface area contributed by atoms with Crippen molar-refractivity contribution in [3.05, 3.63) is 36.0 Å². The predicted octanol–water partition coefficient (Wildman–Crippen LogP) is 0.878. The molecule has 8 nitrogen and oxygen atoms in total. The van der Waals surface area contributed by atoms with Gasteiger partial charge in [0.1, 0.15) is 11.5 Å². The highest BCUT2D eigenvalue weighted by molar-refractivity contribution is 6.39. The standard InChI is InChI=1S/C16H19N5O3/c1-24-16-12(5-4-7-17-16)20-15(23)14(22)18-9-11-10-21-8-3-2-6-13(21)19-11/h4-5,7,10H,2-3,6,8-9H2,1H3,(H,18,22)(H,20,23). The van der Waals surface area contributed by atoms with E-state index < -0.39 is 11.8 Å². The first-order valence-electron chi connectivity index (χ1n) is 7.80.